The molecule has 5 nitrogen and oxygen atoms in total. The maximum absolute atomic E-state index is 12.7. The minimum absolute atomic E-state index is 0.0238. The Morgan fingerprint density at radius 3 is 2.89 bits per heavy atom. The molecule has 3 heterocycles. The van der Waals surface area contributed by atoms with Crippen molar-refractivity contribution < 1.29 is 9.59 Å². The number of benzene rings is 1. The summed E-state index contributed by atoms with van der Waals surface area (Å²) in [5.41, 5.74) is 1.04. The lowest BCUT2D eigenvalue weighted by atomic mass is 10.0. The predicted molar refractivity (Wildman–Crippen MR) is 114 cm³/mol. The molecule has 146 valence electrons. The number of carbonyl (C=O) groups is 2. The molecule has 2 aromatic heterocycles. The van der Waals surface area contributed by atoms with Crippen LogP contribution in [0.1, 0.15) is 40.4 Å². The number of amides is 2. The van der Waals surface area contributed by atoms with Crippen molar-refractivity contribution in [3.8, 4) is 0 Å². The molecule has 1 N–H and O–H groups in total. The average molecular weight is 414 g/mol. The molecular weight excluding hydrogens is 390 g/mol. The Morgan fingerprint density at radius 1 is 1.18 bits per heavy atom. The van der Waals surface area contributed by atoms with Crippen LogP contribution in [0.15, 0.2) is 41.8 Å². The van der Waals surface area contributed by atoms with E-state index in [4.69, 9.17) is 0 Å². The number of nitrogens with zero attached hydrogens (tertiary/aromatic N) is 2. The summed E-state index contributed by atoms with van der Waals surface area (Å²) >= 11 is 3.14. The Balaban J connectivity index is 1.30. The van der Waals surface area contributed by atoms with E-state index >= 15 is 0 Å². The van der Waals surface area contributed by atoms with E-state index in [-0.39, 0.29) is 17.9 Å². The van der Waals surface area contributed by atoms with Gasteiger partial charge in [0.2, 0.25) is 5.91 Å². The van der Waals surface area contributed by atoms with Crippen molar-refractivity contribution in [3.63, 3.8) is 0 Å². The highest BCUT2D eigenvalue weighted by Gasteiger charge is 2.32. The van der Waals surface area contributed by atoms with Gasteiger partial charge in [-0.25, -0.2) is 4.98 Å². The summed E-state index contributed by atoms with van der Waals surface area (Å²) in [7, 11) is 0. The number of carbonyl (C=O) groups excluding carboxylic acids is 2. The quantitative estimate of drug-likeness (QED) is 0.619. The lowest BCUT2D eigenvalue weighted by Crippen LogP contribution is -2.52. The average Bonchev–Trinajstić information content (AvgIpc) is 3.40. The monoisotopic (exact) mass is 413 g/mol. The van der Waals surface area contributed by atoms with Crippen LogP contribution in [-0.2, 0) is 11.2 Å². The number of likely N-dealkylation sites (tertiary alicyclic amines) is 1. The minimum atomic E-state index is -0.356. The highest BCUT2D eigenvalue weighted by atomic mass is 32.1. The van der Waals surface area contributed by atoms with Crippen LogP contribution in [0.5, 0.6) is 0 Å². The third-order valence-corrected chi connectivity index (χ3v) is 6.96. The predicted octanol–water partition coefficient (Wildman–Crippen LogP) is 4.10. The van der Waals surface area contributed by atoms with E-state index in [1.54, 1.807) is 16.2 Å². The molecule has 1 fully saturated rings. The summed E-state index contributed by atoms with van der Waals surface area (Å²) < 4.78 is 1.20. The van der Waals surface area contributed by atoms with E-state index in [1.165, 1.54) is 16.0 Å². The van der Waals surface area contributed by atoms with Crippen LogP contribution >= 0.6 is 22.7 Å². The standard InChI is InChI=1S/C21H23N3O2S2/c25-20(16-8-3-4-13-24(16)21(26)18-10-6-14-27-18)22-12-5-11-19-23-15-7-1-2-9-17(15)28-19/h1-2,6-7,9-10,14,16H,3-5,8,11-13H2,(H,22,25). The van der Waals surface area contributed by atoms with Gasteiger partial charge in [0.05, 0.1) is 20.1 Å². The fourth-order valence-corrected chi connectivity index (χ4v) is 5.27. The van der Waals surface area contributed by atoms with Crippen molar-refractivity contribution in [2.75, 3.05) is 13.1 Å². The second kappa shape index (κ2) is 8.84. The van der Waals surface area contributed by atoms with Gasteiger partial charge >= 0.3 is 0 Å². The molecule has 0 spiro atoms. The second-order valence-electron chi connectivity index (χ2n) is 6.96. The Bertz CT molecular complexity index is 919. The van der Waals surface area contributed by atoms with Crippen molar-refractivity contribution in [2.24, 2.45) is 0 Å². The van der Waals surface area contributed by atoms with Gasteiger partial charge in [-0.1, -0.05) is 18.2 Å². The number of thiazole rings is 1. The van der Waals surface area contributed by atoms with Gasteiger partial charge in [-0.3, -0.25) is 9.59 Å². The SMILES string of the molecule is O=C(NCCCc1nc2ccccc2s1)C1CCCCN1C(=O)c1cccs1. The third-order valence-electron chi connectivity index (χ3n) is 5.00. The lowest BCUT2D eigenvalue weighted by molar-refractivity contribution is -0.126. The summed E-state index contributed by atoms with van der Waals surface area (Å²) in [6.07, 6.45) is 4.37. The Morgan fingerprint density at radius 2 is 2.07 bits per heavy atom. The normalized spacial score (nSPS) is 17.0. The summed E-state index contributed by atoms with van der Waals surface area (Å²) in [5, 5.41) is 6.03. The number of aryl methyl sites for hydroxylation is 1. The van der Waals surface area contributed by atoms with Crippen molar-refractivity contribution in [1.29, 1.82) is 0 Å². The first kappa shape index (κ1) is 19.1. The number of thiophene rings is 1. The van der Waals surface area contributed by atoms with Crippen molar-refractivity contribution in [1.82, 2.24) is 15.2 Å². The van der Waals surface area contributed by atoms with Gasteiger partial charge in [0, 0.05) is 19.5 Å². The summed E-state index contributed by atoms with van der Waals surface area (Å²) in [6, 6.07) is 11.5. The van der Waals surface area contributed by atoms with Crippen LogP contribution in [0.3, 0.4) is 0 Å². The molecule has 1 aliphatic rings. The molecule has 1 aromatic carbocycles. The number of fused-ring (bicyclic) bond motifs is 1. The van der Waals surface area contributed by atoms with Crippen LogP contribution in [0.25, 0.3) is 10.2 Å². The van der Waals surface area contributed by atoms with E-state index in [2.05, 4.69) is 16.4 Å². The van der Waals surface area contributed by atoms with Crippen LogP contribution in [0.4, 0.5) is 0 Å². The second-order valence-corrected chi connectivity index (χ2v) is 9.02. The smallest absolute Gasteiger partial charge is 0.264 e. The molecule has 4 rings (SSSR count). The molecule has 0 radical (unpaired) electrons. The number of nitrogens with one attached hydrogen (secondary N) is 1. The Labute approximate surface area is 172 Å². The fourth-order valence-electron chi connectivity index (χ4n) is 3.58. The van der Waals surface area contributed by atoms with Crippen LogP contribution < -0.4 is 5.32 Å². The zero-order chi connectivity index (χ0) is 19.3. The van der Waals surface area contributed by atoms with Gasteiger partial charge in [-0.15, -0.1) is 22.7 Å². The molecule has 0 bridgehead atoms. The number of rotatable bonds is 6. The largest absolute Gasteiger partial charge is 0.354 e. The van der Waals surface area contributed by atoms with E-state index in [1.807, 2.05) is 35.7 Å². The first-order chi connectivity index (χ1) is 13.7. The number of hydrogen-bond acceptors (Lipinski definition) is 5. The molecule has 1 atom stereocenters. The Kier molecular flexibility index (Phi) is 6.02. The highest BCUT2D eigenvalue weighted by Crippen LogP contribution is 2.23. The van der Waals surface area contributed by atoms with Gasteiger partial charge in [-0.05, 0) is 49.3 Å². The molecule has 1 aliphatic heterocycles. The van der Waals surface area contributed by atoms with Crippen LogP contribution in [0, 0.1) is 0 Å². The van der Waals surface area contributed by atoms with E-state index in [0.29, 0.717) is 18.0 Å². The van der Waals surface area contributed by atoms with Crippen LogP contribution in [0.2, 0.25) is 0 Å². The first-order valence-corrected chi connectivity index (χ1v) is 11.4. The zero-order valence-corrected chi connectivity index (χ0v) is 17.2. The molecule has 2 amide bonds. The molecule has 1 saturated heterocycles. The van der Waals surface area contributed by atoms with Crippen molar-refractivity contribution >= 4 is 44.7 Å². The summed E-state index contributed by atoms with van der Waals surface area (Å²) in [5.74, 6) is -0.0572. The maximum Gasteiger partial charge on any atom is 0.264 e. The number of piperidine rings is 1. The molecule has 1 unspecified atom stereocenters. The van der Waals surface area contributed by atoms with Crippen molar-refractivity contribution in [3.05, 3.63) is 51.7 Å². The van der Waals surface area contributed by atoms with Gasteiger partial charge in [0.15, 0.2) is 0 Å². The van der Waals surface area contributed by atoms with Gasteiger partial charge in [0.1, 0.15) is 6.04 Å². The van der Waals surface area contributed by atoms with E-state index in [0.717, 1.165) is 42.6 Å². The van der Waals surface area contributed by atoms with Gasteiger partial charge < -0.3 is 10.2 Å². The number of aromatic nitrogens is 1. The molecule has 3 aromatic rings. The minimum Gasteiger partial charge on any atom is -0.354 e. The van der Waals surface area contributed by atoms with Crippen molar-refractivity contribution in [2.45, 2.75) is 38.1 Å². The molecule has 0 saturated carbocycles. The highest BCUT2D eigenvalue weighted by molar-refractivity contribution is 7.18. The van der Waals surface area contributed by atoms with Crippen LogP contribution in [-0.4, -0.2) is 40.8 Å². The Hall–Kier alpha value is -2.25. The van der Waals surface area contributed by atoms with Gasteiger partial charge in [0.25, 0.3) is 5.91 Å². The first-order valence-electron chi connectivity index (χ1n) is 9.69. The molecule has 28 heavy (non-hydrogen) atoms. The van der Waals surface area contributed by atoms with E-state index < -0.39 is 0 Å². The molecule has 0 aliphatic carbocycles. The lowest BCUT2D eigenvalue weighted by Gasteiger charge is -2.34. The summed E-state index contributed by atoms with van der Waals surface area (Å²) in [6.45, 7) is 1.26. The van der Waals surface area contributed by atoms with Gasteiger partial charge in [-0.2, -0.15) is 0 Å². The molecular formula is C21H23N3O2S2. The van der Waals surface area contributed by atoms with E-state index in [9.17, 15) is 9.59 Å². The summed E-state index contributed by atoms with van der Waals surface area (Å²) in [4.78, 5) is 32.5. The number of hydrogen-bond donors (Lipinski definition) is 1. The number of para-hydroxylation sites is 1. The third kappa shape index (κ3) is 4.25. The maximum atomic E-state index is 12.7. The fraction of sp³-hybridized carbons (Fsp3) is 0.381. The molecule has 7 heteroatoms. The topological polar surface area (TPSA) is 62.3 Å². The zero-order valence-electron chi connectivity index (χ0n) is 15.6.